The van der Waals surface area contributed by atoms with Crippen molar-refractivity contribution in [2.75, 3.05) is 39.2 Å². The Morgan fingerprint density at radius 1 is 1.33 bits per heavy atom. The number of amides is 1. The van der Waals surface area contributed by atoms with Gasteiger partial charge in [0.25, 0.3) is 5.91 Å². The predicted molar refractivity (Wildman–Crippen MR) is 85.3 cm³/mol. The summed E-state index contributed by atoms with van der Waals surface area (Å²) < 4.78 is 46.6. The van der Waals surface area contributed by atoms with Crippen LogP contribution in [-0.2, 0) is 9.53 Å². The zero-order valence-corrected chi connectivity index (χ0v) is 14.2. The first-order valence-corrected chi connectivity index (χ1v) is 7.46. The quantitative estimate of drug-likeness (QED) is 0.785. The fourth-order valence-corrected chi connectivity index (χ4v) is 1.72. The molecule has 1 unspecified atom stereocenters. The van der Waals surface area contributed by atoms with Crippen LogP contribution >= 0.6 is 0 Å². The van der Waals surface area contributed by atoms with Crippen LogP contribution in [0.25, 0.3) is 0 Å². The van der Waals surface area contributed by atoms with Gasteiger partial charge in [-0.2, -0.15) is 13.2 Å². The summed E-state index contributed by atoms with van der Waals surface area (Å²) in [7, 11) is 3.81. The fraction of sp³-hybridized carbons (Fsp3) is 0.562. The Morgan fingerprint density at radius 2 is 2.00 bits per heavy atom. The monoisotopic (exact) mass is 348 g/mol. The number of anilines is 1. The molecule has 0 aliphatic carbocycles. The van der Waals surface area contributed by atoms with Gasteiger partial charge >= 0.3 is 6.18 Å². The van der Waals surface area contributed by atoms with Gasteiger partial charge in [-0.3, -0.25) is 4.79 Å². The molecule has 0 saturated heterocycles. The van der Waals surface area contributed by atoms with Crippen molar-refractivity contribution in [1.29, 1.82) is 0 Å². The van der Waals surface area contributed by atoms with Crippen molar-refractivity contribution in [3.05, 3.63) is 23.8 Å². The summed E-state index contributed by atoms with van der Waals surface area (Å²) >= 11 is 0. The number of nitrogens with zero attached hydrogens (tertiary/aromatic N) is 1. The van der Waals surface area contributed by atoms with E-state index in [9.17, 15) is 18.0 Å². The number of likely N-dealkylation sites (N-methyl/N-ethyl adjacent to an activating group) is 1. The Bertz CT molecular complexity index is 548. The number of alkyl halides is 3. The lowest BCUT2D eigenvalue weighted by atomic mass is 10.2. The molecule has 1 aromatic rings. The third kappa shape index (κ3) is 7.65. The number of ether oxygens (including phenoxy) is 2. The molecule has 0 spiro atoms. The van der Waals surface area contributed by atoms with Crippen molar-refractivity contribution < 1.29 is 27.4 Å². The number of hydrogen-bond acceptors (Lipinski definition) is 4. The van der Waals surface area contributed by atoms with Crippen LogP contribution in [0.2, 0.25) is 0 Å². The molecule has 0 radical (unpaired) electrons. The zero-order valence-electron chi connectivity index (χ0n) is 14.2. The molecular weight excluding hydrogens is 325 g/mol. The van der Waals surface area contributed by atoms with Gasteiger partial charge in [0, 0.05) is 6.54 Å². The van der Waals surface area contributed by atoms with Crippen LogP contribution in [0.5, 0.6) is 5.75 Å². The van der Waals surface area contributed by atoms with E-state index in [1.54, 1.807) is 18.2 Å². The van der Waals surface area contributed by atoms with E-state index in [1.165, 1.54) is 6.92 Å². The summed E-state index contributed by atoms with van der Waals surface area (Å²) in [4.78, 5) is 13.9. The molecule has 1 amide bonds. The van der Waals surface area contributed by atoms with Crippen LogP contribution in [0.1, 0.15) is 12.5 Å². The number of nitrogens with one attached hydrogen (secondary N) is 1. The molecule has 1 aromatic carbocycles. The van der Waals surface area contributed by atoms with Crippen LogP contribution in [0.4, 0.5) is 18.9 Å². The van der Waals surface area contributed by atoms with Gasteiger partial charge in [-0.05, 0) is 45.6 Å². The van der Waals surface area contributed by atoms with E-state index in [-0.39, 0.29) is 0 Å². The van der Waals surface area contributed by atoms with Gasteiger partial charge in [0.05, 0.1) is 5.69 Å². The standard InChI is InChI=1S/C16H23F3N2O3/c1-11-5-6-13(14(9-11)23-8-7-21(3)4)20-15(22)12(2)24-10-16(17,18)19/h5-6,9,12H,7-8,10H2,1-4H3,(H,20,22). The van der Waals surface area contributed by atoms with Gasteiger partial charge in [0.1, 0.15) is 25.1 Å². The summed E-state index contributed by atoms with van der Waals surface area (Å²) in [5.74, 6) is -0.200. The Kier molecular flexibility index (Phi) is 7.50. The predicted octanol–water partition coefficient (Wildman–Crippen LogP) is 2.84. The third-order valence-electron chi connectivity index (χ3n) is 3.06. The van der Waals surface area contributed by atoms with Gasteiger partial charge < -0.3 is 19.7 Å². The van der Waals surface area contributed by atoms with E-state index in [4.69, 9.17) is 4.74 Å². The Balaban J connectivity index is 2.69. The highest BCUT2D eigenvalue weighted by molar-refractivity contribution is 5.95. The summed E-state index contributed by atoms with van der Waals surface area (Å²) in [6.07, 6.45) is -5.71. The third-order valence-corrected chi connectivity index (χ3v) is 3.06. The fourth-order valence-electron chi connectivity index (χ4n) is 1.72. The molecule has 1 N–H and O–H groups in total. The maximum Gasteiger partial charge on any atom is 0.411 e. The van der Waals surface area contributed by atoms with Crippen molar-refractivity contribution in [3.8, 4) is 5.75 Å². The lowest BCUT2D eigenvalue weighted by Gasteiger charge is -2.18. The molecule has 5 nitrogen and oxygen atoms in total. The minimum Gasteiger partial charge on any atom is -0.490 e. The van der Waals surface area contributed by atoms with Crippen LogP contribution in [0.15, 0.2) is 18.2 Å². The van der Waals surface area contributed by atoms with E-state index >= 15 is 0 Å². The van der Waals surface area contributed by atoms with Crippen LogP contribution < -0.4 is 10.1 Å². The van der Waals surface area contributed by atoms with Gasteiger partial charge in [0.2, 0.25) is 0 Å². The maximum atomic E-state index is 12.1. The number of halogens is 3. The molecular formula is C16H23F3N2O3. The van der Waals surface area contributed by atoms with Crippen molar-refractivity contribution in [2.24, 2.45) is 0 Å². The highest BCUT2D eigenvalue weighted by atomic mass is 19.4. The molecule has 0 fully saturated rings. The Morgan fingerprint density at radius 3 is 2.58 bits per heavy atom. The van der Waals surface area contributed by atoms with Crippen molar-refractivity contribution in [1.82, 2.24) is 4.90 Å². The van der Waals surface area contributed by atoms with E-state index in [0.717, 1.165) is 5.56 Å². The highest BCUT2D eigenvalue weighted by Gasteiger charge is 2.30. The van der Waals surface area contributed by atoms with E-state index in [0.29, 0.717) is 24.6 Å². The molecule has 0 aliphatic heterocycles. The number of hydrogen-bond donors (Lipinski definition) is 1. The Hall–Kier alpha value is -1.80. The minimum atomic E-state index is -4.47. The number of aryl methyl sites for hydroxylation is 1. The smallest absolute Gasteiger partial charge is 0.411 e. The van der Waals surface area contributed by atoms with Gasteiger partial charge in [0.15, 0.2) is 0 Å². The molecule has 0 saturated carbocycles. The van der Waals surface area contributed by atoms with Gasteiger partial charge in [-0.25, -0.2) is 0 Å². The highest BCUT2D eigenvalue weighted by Crippen LogP contribution is 2.26. The second-order valence-electron chi connectivity index (χ2n) is 5.71. The van der Waals surface area contributed by atoms with E-state index in [1.807, 2.05) is 25.9 Å². The van der Waals surface area contributed by atoms with Crippen molar-refractivity contribution >= 4 is 11.6 Å². The molecule has 8 heteroatoms. The summed E-state index contributed by atoms with van der Waals surface area (Å²) in [5, 5.41) is 2.54. The normalized spacial score (nSPS) is 13.0. The average Bonchev–Trinajstić information content (AvgIpc) is 2.46. The summed E-state index contributed by atoms with van der Waals surface area (Å²) in [6, 6.07) is 5.18. The van der Waals surface area contributed by atoms with E-state index in [2.05, 4.69) is 10.1 Å². The minimum absolute atomic E-state index is 0.395. The topological polar surface area (TPSA) is 50.8 Å². The van der Waals surface area contributed by atoms with Crippen LogP contribution in [-0.4, -0.2) is 56.9 Å². The zero-order chi connectivity index (χ0) is 18.3. The molecule has 0 aromatic heterocycles. The second-order valence-corrected chi connectivity index (χ2v) is 5.71. The molecule has 24 heavy (non-hydrogen) atoms. The number of rotatable bonds is 8. The number of carbonyl (C=O) groups is 1. The molecule has 136 valence electrons. The first-order chi connectivity index (χ1) is 11.1. The van der Waals surface area contributed by atoms with E-state index < -0.39 is 24.8 Å². The number of carbonyl (C=O) groups excluding carboxylic acids is 1. The van der Waals surface area contributed by atoms with Gasteiger partial charge in [-0.1, -0.05) is 6.07 Å². The molecule has 0 aliphatic rings. The Labute approximate surface area is 139 Å². The van der Waals surface area contributed by atoms with Crippen molar-refractivity contribution in [2.45, 2.75) is 26.1 Å². The molecule has 1 rings (SSSR count). The van der Waals surface area contributed by atoms with Gasteiger partial charge in [-0.15, -0.1) is 0 Å². The maximum absolute atomic E-state index is 12.1. The molecule has 0 bridgehead atoms. The van der Waals surface area contributed by atoms with Crippen LogP contribution in [0, 0.1) is 6.92 Å². The first kappa shape index (κ1) is 20.2. The molecule has 0 heterocycles. The number of benzene rings is 1. The largest absolute Gasteiger partial charge is 0.490 e. The lowest BCUT2D eigenvalue weighted by molar-refractivity contribution is -0.184. The SMILES string of the molecule is Cc1ccc(NC(=O)C(C)OCC(F)(F)F)c(OCCN(C)C)c1. The van der Waals surface area contributed by atoms with Crippen molar-refractivity contribution in [3.63, 3.8) is 0 Å². The van der Waals surface area contributed by atoms with Crippen LogP contribution in [0.3, 0.4) is 0 Å². The lowest BCUT2D eigenvalue weighted by Crippen LogP contribution is -2.31. The average molecular weight is 348 g/mol. The second kappa shape index (κ2) is 8.89. The summed E-state index contributed by atoms with van der Waals surface area (Å²) in [5.41, 5.74) is 1.33. The molecule has 1 atom stereocenters. The first-order valence-electron chi connectivity index (χ1n) is 7.46. The summed E-state index contributed by atoms with van der Waals surface area (Å²) in [6.45, 7) is 2.77.